The van der Waals surface area contributed by atoms with Crippen LogP contribution in [0.1, 0.15) is 6.92 Å². The van der Waals surface area contributed by atoms with Crippen LogP contribution in [0, 0.1) is 5.82 Å². The molecule has 1 unspecified atom stereocenters. The Morgan fingerprint density at radius 2 is 1.76 bits per heavy atom. The van der Waals surface area contributed by atoms with Crippen molar-refractivity contribution in [1.29, 1.82) is 0 Å². The normalized spacial score (nSPS) is 19.3. The average Bonchev–Trinajstić information content (AvgIpc) is 2.47. The molecular weight excluding hydrogens is 313 g/mol. The Hall–Kier alpha value is -1.09. The zero-order chi connectivity index (χ0) is 15.6. The summed E-state index contributed by atoms with van der Waals surface area (Å²) in [4.78, 5) is 2.57. The first kappa shape index (κ1) is 16.3. The Kier molecular flexibility index (Phi) is 4.92. The van der Waals surface area contributed by atoms with Crippen LogP contribution in [-0.4, -0.2) is 54.8 Å². The van der Waals surface area contributed by atoms with E-state index in [-0.39, 0.29) is 10.9 Å². The smallest absolute Gasteiger partial charge is 0.243 e. The number of hydrogen-bond acceptors (Lipinski definition) is 4. The highest BCUT2D eigenvalue weighted by Crippen LogP contribution is 2.18. The second-order valence-corrected chi connectivity index (χ2v) is 7.38. The molecule has 1 aliphatic rings. The third-order valence-corrected chi connectivity index (χ3v) is 5.94. The van der Waals surface area contributed by atoms with E-state index in [0.29, 0.717) is 31.2 Å². The van der Waals surface area contributed by atoms with Crippen LogP contribution in [0.5, 0.6) is 0 Å². The van der Waals surface area contributed by atoms with E-state index in [4.69, 9.17) is 18.0 Å². The van der Waals surface area contributed by atoms with E-state index in [1.807, 2.05) is 6.92 Å². The third kappa shape index (κ3) is 3.57. The summed E-state index contributed by atoms with van der Waals surface area (Å²) >= 11 is 4.96. The van der Waals surface area contributed by atoms with E-state index in [1.165, 1.54) is 16.4 Å². The lowest BCUT2D eigenvalue weighted by Gasteiger charge is -2.36. The van der Waals surface area contributed by atoms with Crippen molar-refractivity contribution in [2.75, 3.05) is 26.2 Å². The summed E-state index contributed by atoms with van der Waals surface area (Å²) in [5.41, 5.74) is 5.61. The molecule has 1 saturated heterocycles. The summed E-state index contributed by atoms with van der Waals surface area (Å²) in [7, 11) is -3.57. The molecule has 0 amide bonds. The lowest BCUT2D eigenvalue weighted by atomic mass is 10.2. The first-order chi connectivity index (χ1) is 9.82. The fourth-order valence-corrected chi connectivity index (χ4v) is 3.84. The molecule has 2 N–H and O–H groups in total. The maximum Gasteiger partial charge on any atom is 0.243 e. The van der Waals surface area contributed by atoms with Gasteiger partial charge in [0.1, 0.15) is 5.82 Å². The molecule has 1 atom stereocenters. The zero-order valence-electron chi connectivity index (χ0n) is 11.7. The quantitative estimate of drug-likeness (QED) is 0.827. The molecule has 5 nitrogen and oxygen atoms in total. The van der Waals surface area contributed by atoms with Gasteiger partial charge in [-0.25, -0.2) is 12.8 Å². The standard InChI is InChI=1S/C13H18FN3O2S2/c1-10(13(15)20)16-6-8-17(9-7-16)21(18,19)12-4-2-11(14)3-5-12/h2-5,10H,6-9H2,1H3,(H2,15,20). The molecule has 116 valence electrons. The van der Waals surface area contributed by atoms with Crippen molar-refractivity contribution in [1.82, 2.24) is 9.21 Å². The van der Waals surface area contributed by atoms with Gasteiger partial charge in [0.15, 0.2) is 0 Å². The number of piperazine rings is 1. The molecule has 8 heteroatoms. The van der Waals surface area contributed by atoms with E-state index in [0.717, 1.165) is 12.1 Å². The minimum atomic E-state index is -3.57. The van der Waals surface area contributed by atoms with Crippen LogP contribution in [0.2, 0.25) is 0 Å². The second kappa shape index (κ2) is 6.35. The molecule has 0 aliphatic carbocycles. The Labute approximate surface area is 129 Å². The van der Waals surface area contributed by atoms with Gasteiger partial charge in [-0.2, -0.15) is 4.31 Å². The van der Waals surface area contributed by atoms with Crippen molar-refractivity contribution >= 4 is 27.2 Å². The number of rotatable bonds is 4. The fraction of sp³-hybridized carbons (Fsp3) is 0.462. The van der Waals surface area contributed by atoms with Crippen LogP contribution >= 0.6 is 12.2 Å². The van der Waals surface area contributed by atoms with Gasteiger partial charge < -0.3 is 5.73 Å². The van der Waals surface area contributed by atoms with Crippen LogP contribution in [0.3, 0.4) is 0 Å². The van der Waals surface area contributed by atoms with E-state index in [9.17, 15) is 12.8 Å². The van der Waals surface area contributed by atoms with Crippen LogP contribution in [-0.2, 0) is 10.0 Å². The van der Waals surface area contributed by atoms with Crippen molar-refractivity contribution in [3.63, 3.8) is 0 Å². The third-order valence-electron chi connectivity index (χ3n) is 3.68. The van der Waals surface area contributed by atoms with Gasteiger partial charge in [0.25, 0.3) is 0 Å². The van der Waals surface area contributed by atoms with Gasteiger partial charge in [-0.05, 0) is 31.2 Å². The predicted molar refractivity (Wildman–Crippen MR) is 83.0 cm³/mol. The highest BCUT2D eigenvalue weighted by molar-refractivity contribution is 7.89. The highest BCUT2D eigenvalue weighted by atomic mass is 32.2. The molecule has 1 aromatic carbocycles. The molecule has 1 heterocycles. The van der Waals surface area contributed by atoms with E-state index < -0.39 is 15.8 Å². The van der Waals surface area contributed by atoms with Gasteiger partial charge >= 0.3 is 0 Å². The van der Waals surface area contributed by atoms with Crippen molar-refractivity contribution in [3.05, 3.63) is 30.1 Å². The van der Waals surface area contributed by atoms with Crippen molar-refractivity contribution in [2.45, 2.75) is 17.9 Å². The highest BCUT2D eigenvalue weighted by Gasteiger charge is 2.30. The van der Waals surface area contributed by atoms with Crippen molar-refractivity contribution in [3.8, 4) is 0 Å². The molecule has 0 radical (unpaired) electrons. The van der Waals surface area contributed by atoms with Gasteiger partial charge in [0.05, 0.1) is 15.9 Å². The first-order valence-electron chi connectivity index (χ1n) is 6.61. The van der Waals surface area contributed by atoms with E-state index in [2.05, 4.69) is 4.90 Å². The van der Waals surface area contributed by atoms with Crippen LogP contribution in [0.25, 0.3) is 0 Å². The molecule has 2 rings (SSSR count). The molecule has 0 spiro atoms. The van der Waals surface area contributed by atoms with Crippen LogP contribution in [0.15, 0.2) is 29.2 Å². The fourth-order valence-electron chi connectivity index (χ4n) is 2.27. The number of nitrogens with two attached hydrogens (primary N) is 1. The summed E-state index contributed by atoms with van der Waals surface area (Å²) in [6.07, 6.45) is 0. The monoisotopic (exact) mass is 331 g/mol. The summed E-state index contributed by atoms with van der Waals surface area (Å²) < 4.78 is 39.2. The number of sulfonamides is 1. The number of benzene rings is 1. The van der Waals surface area contributed by atoms with Crippen LogP contribution < -0.4 is 5.73 Å². The molecule has 1 aromatic rings. The molecule has 1 fully saturated rings. The van der Waals surface area contributed by atoms with Gasteiger partial charge in [-0.15, -0.1) is 0 Å². The summed E-state index contributed by atoms with van der Waals surface area (Å²) in [5, 5.41) is 0. The number of hydrogen-bond donors (Lipinski definition) is 1. The molecule has 0 aromatic heterocycles. The first-order valence-corrected chi connectivity index (χ1v) is 8.46. The van der Waals surface area contributed by atoms with Crippen molar-refractivity contribution in [2.24, 2.45) is 5.73 Å². The van der Waals surface area contributed by atoms with Crippen molar-refractivity contribution < 1.29 is 12.8 Å². The SMILES string of the molecule is CC(C(N)=S)N1CCN(S(=O)(=O)c2ccc(F)cc2)CC1. The minimum Gasteiger partial charge on any atom is -0.392 e. The van der Waals surface area contributed by atoms with Gasteiger partial charge in [-0.3, -0.25) is 4.90 Å². The Balaban J connectivity index is 2.07. The molecule has 0 saturated carbocycles. The lowest BCUT2D eigenvalue weighted by Crippen LogP contribution is -2.53. The van der Waals surface area contributed by atoms with Gasteiger partial charge in [0.2, 0.25) is 10.0 Å². The number of halogens is 1. The largest absolute Gasteiger partial charge is 0.392 e. The Morgan fingerprint density at radius 3 is 2.24 bits per heavy atom. The average molecular weight is 331 g/mol. The molecule has 1 aliphatic heterocycles. The maximum absolute atomic E-state index is 12.9. The van der Waals surface area contributed by atoms with Gasteiger partial charge in [0, 0.05) is 26.2 Å². The summed E-state index contributed by atoms with van der Waals surface area (Å²) in [6.45, 7) is 3.78. The summed E-state index contributed by atoms with van der Waals surface area (Å²) in [5.74, 6) is -0.455. The number of nitrogens with zero attached hydrogens (tertiary/aromatic N) is 2. The number of thiocarbonyl (C=S) groups is 1. The Bertz CT molecular complexity index is 611. The van der Waals surface area contributed by atoms with Crippen LogP contribution in [0.4, 0.5) is 4.39 Å². The summed E-state index contributed by atoms with van der Waals surface area (Å²) in [6, 6.07) is 4.83. The van der Waals surface area contributed by atoms with E-state index in [1.54, 1.807) is 0 Å². The molecular formula is C13H18FN3O2S2. The lowest BCUT2D eigenvalue weighted by molar-refractivity contribution is 0.175. The van der Waals surface area contributed by atoms with Gasteiger partial charge in [-0.1, -0.05) is 12.2 Å². The minimum absolute atomic E-state index is 0.0457. The Morgan fingerprint density at radius 1 is 1.24 bits per heavy atom. The zero-order valence-corrected chi connectivity index (χ0v) is 13.3. The maximum atomic E-state index is 12.9. The van der Waals surface area contributed by atoms with E-state index >= 15 is 0 Å². The molecule has 21 heavy (non-hydrogen) atoms. The molecule has 0 bridgehead atoms. The second-order valence-electron chi connectivity index (χ2n) is 4.97. The predicted octanol–water partition coefficient (Wildman–Crippen LogP) is 0.807. The topological polar surface area (TPSA) is 66.6 Å².